The Morgan fingerprint density at radius 3 is 2.73 bits per heavy atom. The number of aromatic nitrogens is 1. The lowest BCUT2D eigenvalue weighted by molar-refractivity contribution is 0.459. The highest BCUT2D eigenvalue weighted by Gasteiger charge is 2.14. The molecule has 1 aromatic heterocycles. The zero-order valence-corrected chi connectivity index (χ0v) is 9.50. The van der Waals surface area contributed by atoms with Gasteiger partial charge in [0.25, 0.3) is 0 Å². The Hall–Kier alpha value is -0.890. The minimum absolute atomic E-state index is 0.731. The van der Waals surface area contributed by atoms with Crippen LogP contribution in [0, 0.1) is 0 Å². The van der Waals surface area contributed by atoms with Gasteiger partial charge in [-0.05, 0) is 49.9 Å². The third kappa shape index (κ3) is 2.78. The molecule has 0 radical (unpaired) electrons. The van der Waals surface area contributed by atoms with Crippen LogP contribution in [0.3, 0.4) is 0 Å². The smallest absolute Gasteiger partial charge is 0.0403 e. The van der Waals surface area contributed by atoms with E-state index in [-0.39, 0.29) is 0 Å². The quantitative estimate of drug-likeness (QED) is 0.818. The van der Waals surface area contributed by atoms with Crippen LogP contribution in [0.15, 0.2) is 18.3 Å². The molecule has 2 rings (SSSR count). The van der Waals surface area contributed by atoms with Gasteiger partial charge in [-0.25, -0.2) is 0 Å². The first kappa shape index (κ1) is 10.6. The van der Waals surface area contributed by atoms with Gasteiger partial charge in [-0.2, -0.15) is 0 Å². The molecule has 1 fully saturated rings. The number of hydrogen-bond donors (Lipinski definition) is 1. The van der Waals surface area contributed by atoms with E-state index in [9.17, 15) is 0 Å². The van der Waals surface area contributed by atoms with Crippen molar-refractivity contribution in [2.75, 3.05) is 13.1 Å². The highest BCUT2D eigenvalue weighted by atomic mass is 14.9. The van der Waals surface area contributed by atoms with Crippen LogP contribution in [0.2, 0.25) is 0 Å². The molecular weight excluding hydrogens is 184 g/mol. The summed E-state index contributed by atoms with van der Waals surface area (Å²) in [4.78, 5) is 4.52. The fourth-order valence-electron chi connectivity index (χ4n) is 2.24. The van der Waals surface area contributed by atoms with Gasteiger partial charge in [-0.3, -0.25) is 4.98 Å². The molecule has 0 atom stereocenters. The SMILES string of the molecule is CCCc1ccc(C2CCNCC2)cn1. The maximum Gasteiger partial charge on any atom is 0.0403 e. The van der Waals surface area contributed by atoms with Gasteiger partial charge in [0.05, 0.1) is 0 Å². The molecule has 1 aliphatic heterocycles. The number of nitrogens with zero attached hydrogens (tertiary/aromatic N) is 1. The molecule has 2 heterocycles. The summed E-state index contributed by atoms with van der Waals surface area (Å²) in [6, 6.07) is 4.47. The van der Waals surface area contributed by atoms with Gasteiger partial charge in [-0.15, -0.1) is 0 Å². The van der Waals surface area contributed by atoms with Crippen LogP contribution in [-0.2, 0) is 6.42 Å². The number of aryl methyl sites for hydroxylation is 1. The van der Waals surface area contributed by atoms with Gasteiger partial charge in [0.1, 0.15) is 0 Å². The Balaban J connectivity index is 2.02. The summed E-state index contributed by atoms with van der Waals surface area (Å²) in [7, 11) is 0. The summed E-state index contributed by atoms with van der Waals surface area (Å²) in [5, 5.41) is 3.40. The summed E-state index contributed by atoms with van der Waals surface area (Å²) < 4.78 is 0. The standard InChI is InChI=1S/C13H20N2/c1-2-3-13-5-4-12(10-15-13)11-6-8-14-9-7-11/h4-5,10-11,14H,2-3,6-9H2,1H3. The average Bonchev–Trinajstić information content (AvgIpc) is 2.32. The minimum Gasteiger partial charge on any atom is -0.317 e. The van der Waals surface area contributed by atoms with Crippen LogP contribution in [-0.4, -0.2) is 18.1 Å². The highest BCUT2D eigenvalue weighted by Crippen LogP contribution is 2.24. The first-order chi connectivity index (χ1) is 7.40. The van der Waals surface area contributed by atoms with E-state index in [1.807, 2.05) is 0 Å². The van der Waals surface area contributed by atoms with Crippen molar-refractivity contribution in [3.8, 4) is 0 Å². The van der Waals surface area contributed by atoms with E-state index in [1.54, 1.807) is 0 Å². The summed E-state index contributed by atoms with van der Waals surface area (Å²) in [6.07, 6.45) is 6.89. The van der Waals surface area contributed by atoms with Gasteiger partial charge in [0.15, 0.2) is 0 Å². The molecule has 15 heavy (non-hydrogen) atoms. The van der Waals surface area contributed by atoms with Crippen LogP contribution in [0.4, 0.5) is 0 Å². The Morgan fingerprint density at radius 2 is 2.13 bits per heavy atom. The lowest BCUT2D eigenvalue weighted by Crippen LogP contribution is -2.26. The van der Waals surface area contributed by atoms with Gasteiger partial charge in [0.2, 0.25) is 0 Å². The number of hydrogen-bond acceptors (Lipinski definition) is 2. The summed E-state index contributed by atoms with van der Waals surface area (Å²) >= 11 is 0. The van der Waals surface area contributed by atoms with Crippen molar-refractivity contribution in [3.05, 3.63) is 29.6 Å². The van der Waals surface area contributed by atoms with Crippen LogP contribution >= 0.6 is 0 Å². The number of nitrogens with one attached hydrogen (secondary N) is 1. The molecule has 2 nitrogen and oxygen atoms in total. The van der Waals surface area contributed by atoms with Crippen molar-refractivity contribution < 1.29 is 0 Å². The molecular formula is C13H20N2. The van der Waals surface area contributed by atoms with E-state index < -0.39 is 0 Å². The number of rotatable bonds is 3. The van der Waals surface area contributed by atoms with Crippen molar-refractivity contribution in [1.82, 2.24) is 10.3 Å². The second-order valence-electron chi connectivity index (χ2n) is 4.36. The number of piperidine rings is 1. The molecule has 1 aliphatic rings. The molecule has 0 unspecified atom stereocenters. The van der Waals surface area contributed by atoms with E-state index in [0.29, 0.717) is 0 Å². The first-order valence-corrected chi connectivity index (χ1v) is 6.05. The van der Waals surface area contributed by atoms with Gasteiger partial charge in [0, 0.05) is 11.9 Å². The molecule has 0 bridgehead atoms. The Kier molecular flexibility index (Phi) is 3.73. The summed E-state index contributed by atoms with van der Waals surface area (Å²) in [6.45, 7) is 4.51. The lowest BCUT2D eigenvalue weighted by Gasteiger charge is -2.22. The van der Waals surface area contributed by atoms with Crippen LogP contribution in [0.5, 0.6) is 0 Å². The van der Waals surface area contributed by atoms with Crippen LogP contribution in [0.1, 0.15) is 43.4 Å². The number of pyridine rings is 1. The normalized spacial score (nSPS) is 17.9. The minimum atomic E-state index is 0.731. The first-order valence-electron chi connectivity index (χ1n) is 6.05. The van der Waals surface area contributed by atoms with Crippen LogP contribution < -0.4 is 5.32 Å². The van der Waals surface area contributed by atoms with E-state index in [2.05, 4.69) is 35.6 Å². The second-order valence-corrected chi connectivity index (χ2v) is 4.36. The largest absolute Gasteiger partial charge is 0.317 e. The van der Waals surface area contributed by atoms with Crippen molar-refractivity contribution in [3.63, 3.8) is 0 Å². The molecule has 0 aliphatic carbocycles. The lowest BCUT2D eigenvalue weighted by atomic mass is 9.91. The van der Waals surface area contributed by atoms with Crippen molar-refractivity contribution in [2.45, 2.75) is 38.5 Å². The van der Waals surface area contributed by atoms with Crippen LogP contribution in [0.25, 0.3) is 0 Å². The molecule has 0 aromatic carbocycles. The third-order valence-electron chi connectivity index (χ3n) is 3.16. The topological polar surface area (TPSA) is 24.9 Å². The molecule has 0 amide bonds. The van der Waals surface area contributed by atoms with Crippen molar-refractivity contribution in [1.29, 1.82) is 0 Å². The monoisotopic (exact) mass is 204 g/mol. The molecule has 1 N–H and O–H groups in total. The maximum absolute atomic E-state index is 4.52. The van der Waals surface area contributed by atoms with E-state index in [4.69, 9.17) is 0 Å². The van der Waals surface area contributed by atoms with Gasteiger partial charge < -0.3 is 5.32 Å². The second kappa shape index (κ2) is 5.26. The average molecular weight is 204 g/mol. The van der Waals surface area contributed by atoms with Gasteiger partial charge >= 0.3 is 0 Å². The maximum atomic E-state index is 4.52. The summed E-state index contributed by atoms with van der Waals surface area (Å²) in [5.41, 5.74) is 2.66. The predicted octanol–water partition coefficient (Wildman–Crippen LogP) is 2.50. The van der Waals surface area contributed by atoms with E-state index >= 15 is 0 Å². The fraction of sp³-hybridized carbons (Fsp3) is 0.615. The van der Waals surface area contributed by atoms with E-state index in [1.165, 1.54) is 30.5 Å². The van der Waals surface area contributed by atoms with E-state index in [0.717, 1.165) is 25.4 Å². The van der Waals surface area contributed by atoms with Crippen molar-refractivity contribution >= 4 is 0 Å². The zero-order valence-electron chi connectivity index (χ0n) is 9.50. The molecule has 0 saturated carbocycles. The Morgan fingerprint density at radius 1 is 1.33 bits per heavy atom. The molecule has 1 aromatic rings. The molecule has 82 valence electrons. The fourth-order valence-corrected chi connectivity index (χ4v) is 2.24. The Bertz CT molecular complexity index is 286. The highest BCUT2D eigenvalue weighted by molar-refractivity contribution is 5.19. The third-order valence-corrected chi connectivity index (χ3v) is 3.16. The molecule has 0 spiro atoms. The molecule has 1 saturated heterocycles. The Labute approximate surface area is 92.1 Å². The van der Waals surface area contributed by atoms with Gasteiger partial charge in [-0.1, -0.05) is 19.4 Å². The molecule has 2 heteroatoms. The zero-order chi connectivity index (χ0) is 10.5. The predicted molar refractivity (Wildman–Crippen MR) is 63.1 cm³/mol. The van der Waals surface area contributed by atoms with Crippen molar-refractivity contribution in [2.24, 2.45) is 0 Å². The summed E-state index contributed by atoms with van der Waals surface area (Å²) in [5.74, 6) is 0.731.